The molecule has 0 atom stereocenters. The molecule has 0 spiro atoms. The van der Waals surface area contributed by atoms with Crippen molar-refractivity contribution in [3.05, 3.63) is 35.6 Å². The normalized spacial score (nSPS) is 10.7. The summed E-state index contributed by atoms with van der Waals surface area (Å²) in [6.45, 7) is 5.01. The van der Waals surface area contributed by atoms with Crippen molar-refractivity contribution in [2.45, 2.75) is 26.3 Å². The summed E-state index contributed by atoms with van der Waals surface area (Å²) in [5, 5.41) is 3.09. The molecule has 18 heavy (non-hydrogen) atoms. The molecule has 1 N–H and O–H groups in total. The van der Waals surface area contributed by atoms with Gasteiger partial charge in [0, 0.05) is 19.6 Å². The predicted molar refractivity (Wildman–Crippen MR) is 70.9 cm³/mol. The van der Waals surface area contributed by atoms with Crippen molar-refractivity contribution in [1.29, 1.82) is 0 Å². The number of amides is 1. The van der Waals surface area contributed by atoms with Crippen LogP contribution < -0.4 is 5.32 Å². The Balaban J connectivity index is 2.34. The number of rotatable bonds is 6. The third kappa shape index (κ3) is 5.27. The second kappa shape index (κ2) is 7.11. The van der Waals surface area contributed by atoms with Gasteiger partial charge in [-0.25, -0.2) is 4.39 Å². The van der Waals surface area contributed by atoms with E-state index in [1.165, 1.54) is 12.1 Å². The maximum absolute atomic E-state index is 12.7. The van der Waals surface area contributed by atoms with Gasteiger partial charge in [0.1, 0.15) is 5.82 Å². The van der Waals surface area contributed by atoms with Crippen molar-refractivity contribution in [3.63, 3.8) is 0 Å². The average Bonchev–Trinajstić information content (AvgIpc) is 2.34. The monoisotopic (exact) mass is 252 g/mol. The van der Waals surface area contributed by atoms with Crippen LogP contribution in [-0.4, -0.2) is 37.0 Å². The minimum atomic E-state index is -0.232. The molecule has 0 fully saturated rings. The van der Waals surface area contributed by atoms with E-state index in [1.54, 1.807) is 24.1 Å². The van der Waals surface area contributed by atoms with Crippen LogP contribution in [0.5, 0.6) is 0 Å². The molecule has 100 valence electrons. The zero-order valence-corrected chi connectivity index (χ0v) is 11.2. The molecule has 0 bridgehead atoms. The largest absolute Gasteiger partial charge is 0.344 e. The highest BCUT2D eigenvalue weighted by Crippen LogP contribution is 2.04. The Hall–Kier alpha value is -1.42. The molecule has 3 nitrogen and oxygen atoms in total. The van der Waals surface area contributed by atoms with Gasteiger partial charge in [-0.1, -0.05) is 26.0 Å². The SMILES string of the molecule is CC(C)NCC(=O)N(C)CCc1ccc(F)cc1. The number of carbonyl (C=O) groups is 1. The number of carbonyl (C=O) groups excluding carboxylic acids is 1. The van der Waals surface area contributed by atoms with Crippen LogP contribution in [0.4, 0.5) is 4.39 Å². The van der Waals surface area contributed by atoms with Crippen molar-refractivity contribution >= 4 is 5.91 Å². The van der Waals surface area contributed by atoms with Crippen LogP contribution in [0.1, 0.15) is 19.4 Å². The quantitative estimate of drug-likeness (QED) is 0.837. The number of likely N-dealkylation sites (N-methyl/N-ethyl adjacent to an activating group) is 1. The molecule has 1 rings (SSSR count). The fourth-order valence-electron chi connectivity index (χ4n) is 1.50. The Morgan fingerprint density at radius 3 is 2.50 bits per heavy atom. The van der Waals surface area contributed by atoms with Gasteiger partial charge in [0.15, 0.2) is 0 Å². The summed E-state index contributed by atoms with van der Waals surface area (Å²) in [5.74, 6) is -0.157. The zero-order valence-electron chi connectivity index (χ0n) is 11.2. The molecule has 0 aliphatic rings. The molecule has 0 radical (unpaired) electrons. The van der Waals surface area contributed by atoms with Crippen molar-refractivity contribution < 1.29 is 9.18 Å². The van der Waals surface area contributed by atoms with Crippen LogP contribution in [0.2, 0.25) is 0 Å². The Morgan fingerprint density at radius 1 is 1.33 bits per heavy atom. The van der Waals surface area contributed by atoms with E-state index >= 15 is 0 Å². The number of nitrogens with zero attached hydrogens (tertiary/aromatic N) is 1. The second-order valence-corrected chi connectivity index (χ2v) is 4.73. The van der Waals surface area contributed by atoms with Crippen LogP contribution in [0.25, 0.3) is 0 Å². The molecule has 0 saturated heterocycles. The van der Waals surface area contributed by atoms with Crippen molar-refractivity contribution in [3.8, 4) is 0 Å². The standard InChI is InChI=1S/C14H21FN2O/c1-11(2)16-10-14(18)17(3)9-8-12-4-6-13(15)7-5-12/h4-7,11,16H,8-10H2,1-3H3. The summed E-state index contributed by atoms with van der Waals surface area (Å²) >= 11 is 0. The van der Waals surface area contributed by atoms with Crippen molar-refractivity contribution in [2.24, 2.45) is 0 Å². The number of nitrogens with one attached hydrogen (secondary N) is 1. The van der Waals surface area contributed by atoms with Crippen molar-refractivity contribution in [2.75, 3.05) is 20.1 Å². The van der Waals surface area contributed by atoms with E-state index in [1.807, 2.05) is 13.8 Å². The summed E-state index contributed by atoms with van der Waals surface area (Å²) < 4.78 is 12.7. The van der Waals surface area contributed by atoms with Gasteiger partial charge in [-0.15, -0.1) is 0 Å². The minimum Gasteiger partial charge on any atom is -0.344 e. The van der Waals surface area contributed by atoms with E-state index in [4.69, 9.17) is 0 Å². The van der Waals surface area contributed by atoms with E-state index in [0.29, 0.717) is 19.1 Å². The Kier molecular flexibility index (Phi) is 5.78. The van der Waals surface area contributed by atoms with E-state index in [-0.39, 0.29) is 11.7 Å². The highest BCUT2D eigenvalue weighted by Gasteiger charge is 2.08. The lowest BCUT2D eigenvalue weighted by atomic mass is 10.1. The summed E-state index contributed by atoms with van der Waals surface area (Å²) in [4.78, 5) is 13.4. The van der Waals surface area contributed by atoms with Gasteiger partial charge < -0.3 is 10.2 Å². The van der Waals surface area contributed by atoms with Gasteiger partial charge >= 0.3 is 0 Å². The third-order valence-electron chi connectivity index (χ3n) is 2.74. The smallest absolute Gasteiger partial charge is 0.236 e. The first-order chi connectivity index (χ1) is 8.49. The van der Waals surface area contributed by atoms with Gasteiger partial charge in [-0.3, -0.25) is 4.79 Å². The van der Waals surface area contributed by atoms with Gasteiger partial charge in [0.25, 0.3) is 0 Å². The van der Waals surface area contributed by atoms with Crippen molar-refractivity contribution in [1.82, 2.24) is 10.2 Å². The van der Waals surface area contributed by atoms with E-state index in [0.717, 1.165) is 12.0 Å². The molecular formula is C14H21FN2O. The number of benzene rings is 1. The van der Waals surface area contributed by atoms with Crippen LogP contribution in [-0.2, 0) is 11.2 Å². The lowest BCUT2D eigenvalue weighted by Crippen LogP contribution is -2.38. The van der Waals surface area contributed by atoms with Gasteiger partial charge in [0.05, 0.1) is 6.54 Å². The lowest BCUT2D eigenvalue weighted by Gasteiger charge is -2.18. The molecule has 0 saturated carbocycles. The first kappa shape index (κ1) is 14.6. The molecule has 0 unspecified atom stereocenters. The fraction of sp³-hybridized carbons (Fsp3) is 0.500. The molecular weight excluding hydrogens is 231 g/mol. The predicted octanol–water partition coefficient (Wildman–Crippen LogP) is 1.82. The maximum atomic E-state index is 12.7. The summed E-state index contributed by atoms with van der Waals surface area (Å²) in [7, 11) is 1.79. The summed E-state index contributed by atoms with van der Waals surface area (Å²) in [6, 6.07) is 6.69. The first-order valence-electron chi connectivity index (χ1n) is 6.21. The Bertz CT molecular complexity index is 376. The molecule has 1 aromatic rings. The van der Waals surface area contributed by atoms with E-state index < -0.39 is 0 Å². The molecule has 1 aromatic carbocycles. The molecule has 0 heterocycles. The molecule has 1 amide bonds. The van der Waals surface area contributed by atoms with E-state index in [2.05, 4.69) is 5.32 Å². The Labute approximate surface area is 108 Å². The van der Waals surface area contributed by atoms with Crippen LogP contribution in [0.3, 0.4) is 0 Å². The van der Waals surface area contributed by atoms with Gasteiger partial charge in [-0.2, -0.15) is 0 Å². The summed E-state index contributed by atoms with van der Waals surface area (Å²) in [6.07, 6.45) is 0.740. The minimum absolute atomic E-state index is 0.0748. The van der Waals surface area contributed by atoms with Crippen LogP contribution in [0.15, 0.2) is 24.3 Å². The van der Waals surface area contributed by atoms with Gasteiger partial charge in [-0.05, 0) is 24.1 Å². The Morgan fingerprint density at radius 2 is 1.94 bits per heavy atom. The first-order valence-corrected chi connectivity index (χ1v) is 6.21. The molecule has 0 aliphatic heterocycles. The number of halogens is 1. The zero-order chi connectivity index (χ0) is 13.5. The fourth-order valence-corrected chi connectivity index (χ4v) is 1.50. The summed E-state index contributed by atoms with van der Waals surface area (Å²) in [5.41, 5.74) is 1.04. The van der Waals surface area contributed by atoms with Crippen LogP contribution >= 0.6 is 0 Å². The second-order valence-electron chi connectivity index (χ2n) is 4.73. The maximum Gasteiger partial charge on any atom is 0.236 e. The molecule has 4 heteroatoms. The highest BCUT2D eigenvalue weighted by molar-refractivity contribution is 5.77. The number of hydrogen-bond donors (Lipinski definition) is 1. The average molecular weight is 252 g/mol. The third-order valence-corrected chi connectivity index (χ3v) is 2.74. The van der Waals surface area contributed by atoms with E-state index in [9.17, 15) is 9.18 Å². The number of hydrogen-bond acceptors (Lipinski definition) is 2. The topological polar surface area (TPSA) is 32.3 Å². The highest BCUT2D eigenvalue weighted by atomic mass is 19.1. The molecule has 0 aromatic heterocycles. The lowest BCUT2D eigenvalue weighted by molar-refractivity contribution is -0.129. The molecule has 0 aliphatic carbocycles. The van der Waals surface area contributed by atoms with Crippen LogP contribution in [0, 0.1) is 5.82 Å². The van der Waals surface area contributed by atoms with Gasteiger partial charge in [0.2, 0.25) is 5.91 Å².